The lowest BCUT2D eigenvalue weighted by Gasteiger charge is -2.26. The molecule has 2 N–H and O–H groups in total. The molecule has 0 aromatic carbocycles. The zero-order valence-corrected chi connectivity index (χ0v) is 10.6. The van der Waals surface area contributed by atoms with E-state index in [1.807, 2.05) is 13.8 Å². The maximum Gasteiger partial charge on any atom is 0.323 e. The van der Waals surface area contributed by atoms with Crippen molar-refractivity contribution in [2.24, 2.45) is 5.92 Å². The zero-order chi connectivity index (χ0) is 13.3. The summed E-state index contributed by atoms with van der Waals surface area (Å²) in [5.74, 6) is -0.635. The van der Waals surface area contributed by atoms with E-state index in [0.29, 0.717) is 11.6 Å². The van der Waals surface area contributed by atoms with Crippen molar-refractivity contribution < 1.29 is 14.7 Å². The van der Waals surface area contributed by atoms with Crippen LogP contribution in [0.1, 0.15) is 37.2 Å². The van der Waals surface area contributed by atoms with Gasteiger partial charge in [-0.1, -0.05) is 0 Å². The Hall–Kier alpha value is -1.78. The number of hydrogen-bond donors (Lipinski definition) is 2. The van der Waals surface area contributed by atoms with Crippen LogP contribution in [0.25, 0.3) is 0 Å². The zero-order valence-electron chi connectivity index (χ0n) is 10.6. The average Bonchev–Trinajstić information content (AvgIpc) is 3.00. The lowest BCUT2D eigenvalue weighted by molar-refractivity contribution is -0.137. The third-order valence-electron chi connectivity index (χ3n) is 3.40. The first-order valence-electron chi connectivity index (χ1n) is 6.09. The van der Waals surface area contributed by atoms with Crippen molar-refractivity contribution in [3.8, 4) is 0 Å². The molecule has 1 saturated carbocycles. The topological polar surface area (TPSA) is 71.3 Å². The van der Waals surface area contributed by atoms with Crippen molar-refractivity contribution in [2.45, 2.75) is 38.8 Å². The minimum absolute atomic E-state index is 0.195. The number of carbonyl (C=O) groups is 2. The second-order valence-corrected chi connectivity index (χ2v) is 5.37. The second kappa shape index (κ2) is 4.48. The number of nitrogens with one attached hydrogen (secondary N) is 1. The number of carbonyl (C=O) groups excluding carboxylic acids is 1. The SMILES string of the molecule is CC(C)(NC(=O)c1cccn1CC(=O)O)C1CC1. The standard InChI is InChI=1S/C13H18N2O3/c1-13(2,9-5-6-9)14-12(18)10-4-3-7-15(10)8-11(16)17/h3-4,7,9H,5-6,8H2,1-2H3,(H,14,18)(H,16,17). The van der Waals surface area contributed by atoms with Crippen LogP contribution in [0.5, 0.6) is 0 Å². The maximum absolute atomic E-state index is 12.1. The Labute approximate surface area is 106 Å². The van der Waals surface area contributed by atoms with Crippen LogP contribution in [0.15, 0.2) is 18.3 Å². The second-order valence-electron chi connectivity index (χ2n) is 5.37. The normalized spacial score (nSPS) is 15.4. The molecule has 1 amide bonds. The predicted molar refractivity (Wildman–Crippen MR) is 66.3 cm³/mol. The van der Waals surface area contributed by atoms with E-state index in [2.05, 4.69) is 5.32 Å². The van der Waals surface area contributed by atoms with Gasteiger partial charge in [0.15, 0.2) is 0 Å². The molecular formula is C13H18N2O3. The van der Waals surface area contributed by atoms with Crippen molar-refractivity contribution >= 4 is 11.9 Å². The van der Waals surface area contributed by atoms with E-state index in [4.69, 9.17) is 5.11 Å². The van der Waals surface area contributed by atoms with Crippen LogP contribution in [-0.2, 0) is 11.3 Å². The number of aliphatic carboxylic acids is 1. The van der Waals surface area contributed by atoms with Crippen LogP contribution in [0.3, 0.4) is 0 Å². The summed E-state index contributed by atoms with van der Waals surface area (Å²) in [5.41, 5.74) is 0.168. The lowest BCUT2D eigenvalue weighted by atomic mass is 9.98. The number of nitrogens with zero attached hydrogens (tertiary/aromatic N) is 1. The van der Waals surface area contributed by atoms with Gasteiger partial charge in [0.2, 0.25) is 0 Å². The summed E-state index contributed by atoms with van der Waals surface area (Å²) >= 11 is 0. The summed E-state index contributed by atoms with van der Waals surface area (Å²) in [6, 6.07) is 3.32. The van der Waals surface area contributed by atoms with Crippen LogP contribution < -0.4 is 5.32 Å². The van der Waals surface area contributed by atoms with Crippen LogP contribution in [0.4, 0.5) is 0 Å². The maximum atomic E-state index is 12.1. The molecular weight excluding hydrogens is 232 g/mol. The fraction of sp³-hybridized carbons (Fsp3) is 0.538. The van der Waals surface area contributed by atoms with Crippen molar-refractivity contribution in [1.82, 2.24) is 9.88 Å². The summed E-state index contributed by atoms with van der Waals surface area (Å²) < 4.78 is 1.45. The monoisotopic (exact) mass is 250 g/mol. The summed E-state index contributed by atoms with van der Waals surface area (Å²) in [6.07, 6.45) is 3.89. The molecule has 0 atom stereocenters. The first kappa shape index (κ1) is 12.7. The molecule has 1 aromatic heterocycles. The summed E-state index contributed by atoms with van der Waals surface area (Å²) in [7, 11) is 0. The molecule has 0 aliphatic heterocycles. The van der Waals surface area contributed by atoms with Crippen molar-refractivity contribution in [2.75, 3.05) is 0 Å². The Kier molecular flexibility index (Phi) is 3.15. The van der Waals surface area contributed by atoms with Gasteiger partial charge < -0.3 is 15.0 Å². The van der Waals surface area contributed by atoms with E-state index < -0.39 is 5.97 Å². The van der Waals surface area contributed by atoms with Gasteiger partial charge in [0, 0.05) is 11.7 Å². The van der Waals surface area contributed by atoms with Gasteiger partial charge in [0.25, 0.3) is 5.91 Å². The van der Waals surface area contributed by atoms with Gasteiger partial charge in [-0.15, -0.1) is 0 Å². The van der Waals surface area contributed by atoms with Gasteiger partial charge in [-0.2, -0.15) is 0 Å². The first-order chi connectivity index (χ1) is 8.40. The molecule has 0 bridgehead atoms. The number of carboxylic acids is 1. The Morgan fingerprint density at radius 2 is 2.17 bits per heavy atom. The van der Waals surface area contributed by atoms with E-state index in [1.54, 1.807) is 18.3 Å². The van der Waals surface area contributed by atoms with Gasteiger partial charge in [0.05, 0.1) is 0 Å². The highest BCUT2D eigenvalue weighted by atomic mass is 16.4. The lowest BCUT2D eigenvalue weighted by Crippen LogP contribution is -2.45. The molecule has 5 heteroatoms. The molecule has 0 spiro atoms. The Morgan fingerprint density at radius 1 is 1.50 bits per heavy atom. The molecule has 1 fully saturated rings. The molecule has 1 heterocycles. The van der Waals surface area contributed by atoms with Crippen molar-refractivity contribution in [1.29, 1.82) is 0 Å². The molecule has 2 rings (SSSR count). The van der Waals surface area contributed by atoms with E-state index in [0.717, 1.165) is 12.8 Å². The van der Waals surface area contributed by atoms with Crippen LogP contribution in [0.2, 0.25) is 0 Å². The van der Waals surface area contributed by atoms with Gasteiger partial charge in [0.1, 0.15) is 12.2 Å². The number of carboxylic acid groups (broad SMARTS) is 1. The van der Waals surface area contributed by atoms with E-state index in [9.17, 15) is 9.59 Å². The molecule has 98 valence electrons. The van der Waals surface area contributed by atoms with Crippen LogP contribution in [-0.4, -0.2) is 27.1 Å². The largest absolute Gasteiger partial charge is 0.480 e. The smallest absolute Gasteiger partial charge is 0.323 e. The number of rotatable bonds is 5. The molecule has 5 nitrogen and oxygen atoms in total. The Morgan fingerprint density at radius 3 is 2.72 bits per heavy atom. The molecule has 0 saturated heterocycles. The number of amides is 1. The minimum atomic E-state index is -0.957. The van der Waals surface area contributed by atoms with Gasteiger partial charge in [-0.25, -0.2) is 0 Å². The molecule has 1 aliphatic carbocycles. The van der Waals surface area contributed by atoms with Crippen molar-refractivity contribution in [3.63, 3.8) is 0 Å². The summed E-state index contributed by atoms with van der Waals surface area (Å²) in [4.78, 5) is 22.8. The van der Waals surface area contributed by atoms with Crippen LogP contribution in [0, 0.1) is 5.92 Å². The third-order valence-corrected chi connectivity index (χ3v) is 3.40. The average molecular weight is 250 g/mol. The van der Waals surface area contributed by atoms with E-state index >= 15 is 0 Å². The van der Waals surface area contributed by atoms with E-state index in [1.165, 1.54) is 4.57 Å². The van der Waals surface area contributed by atoms with Gasteiger partial charge in [-0.05, 0) is 44.7 Å². The molecule has 18 heavy (non-hydrogen) atoms. The minimum Gasteiger partial charge on any atom is -0.480 e. The third kappa shape index (κ3) is 2.72. The Balaban J connectivity index is 2.09. The highest BCUT2D eigenvalue weighted by Gasteiger charge is 2.39. The number of hydrogen-bond acceptors (Lipinski definition) is 2. The Bertz CT molecular complexity index is 472. The first-order valence-corrected chi connectivity index (χ1v) is 6.09. The highest BCUT2D eigenvalue weighted by molar-refractivity contribution is 5.93. The van der Waals surface area contributed by atoms with Gasteiger partial charge >= 0.3 is 5.97 Å². The van der Waals surface area contributed by atoms with Gasteiger partial charge in [-0.3, -0.25) is 9.59 Å². The molecule has 0 radical (unpaired) electrons. The quantitative estimate of drug-likeness (QED) is 0.831. The number of aromatic nitrogens is 1. The van der Waals surface area contributed by atoms with Crippen LogP contribution >= 0.6 is 0 Å². The fourth-order valence-electron chi connectivity index (χ4n) is 2.17. The summed E-state index contributed by atoms with van der Waals surface area (Å²) in [6.45, 7) is 3.82. The van der Waals surface area contributed by atoms with E-state index in [-0.39, 0.29) is 18.0 Å². The molecule has 1 aromatic rings. The highest BCUT2D eigenvalue weighted by Crippen LogP contribution is 2.39. The van der Waals surface area contributed by atoms with Crippen molar-refractivity contribution in [3.05, 3.63) is 24.0 Å². The summed E-state index contributed by atoms with van der Waals surface area (Å²) in [5, 5.41) is 11.8. The predicted octanol–water partition coefficient (Wildman–Crippen LogP) is 1.49. The fourth-order valence-corrected chi connectivity index (χ4v) is 2.17. The molecule has 0 unspecified atom stereocenters. The molecule has 1 aliphatic rings.